The zero-order valence-electron chi connectivity index (χ0n) is 8.61. The molecular formula is C11H8ClN3O2. The van der Waals surface area contributed by atoms with Crippen LogP contribution in [-0.2, 0) is 0 Å². The van der Waals surface area contributed by atoms with Crippen molar-refractivity contribution < 1.29 is 4.79 Å². The zero-order chi connectivity index (χ0) is 12.3. The monoisotopic (exact) mass is 249 g/mol. The van der Waals surface area contributed by atoms with Gasteiger partial charge in [0.05, 0.1) is 10.6 Å². The third-order valence-corrected chi connectivity index (χ3v) is 2.34. The lowest BCUT2D eigenvalue weighted by atomic mass is 10.2. The molecule has 0 aliphatic rings. The topological polar surface area (TPSA) is 74.8 Å². The average Bonchev–Trinajstić information content (AvgIpc) is 2.33. The summed E-state index contributed by atoms with van der Waals surface area (Å²) in [6.07, 6.45) is 2.85. The van der Waals surface area contributed by atoms with Crippen molar-refractivity contribution in [1.82, 2.24) is 9.97 Å². The van der Waals surface area contributed by atoms with Gasteiger partial charge in [-0.3, -0.25) is 9.59 Å². The van der Waals surface area contributed by atoms with Crippen molar-refractivity contribution >= 4 is 23.3 Å². The van der Waals surface area contributed by atoms with Crippen molar-refractivity contribution in [3.05, 3.63) is 57.6 Å². The summed E-state index contributed by atoms with van der Waals surface area (Å²) in [4.78, 5) is 28.9. The molecule has 0 spiro atoms. The van der Waals surface area contributed by atoms with Gasteiger partial charge in [-0.25, -0.2) is 4.98 Å². The highest BCUT2D eigenvalue weighted by atomic mass is 35.5. The molecule has 17 heavy (non-hydrogen) atoms. The molecule has 0 saturated heterocycles. The van der Waals surface area contributed by atoms with E-state index in [0.717, 1.165) is 0 Å². The summed E-state index contributed by atoms with van der Waals surface area (Å²) >= 11 is 5.85. The highest BCUT2D eigenvalue weighted by molar-refractivity contribution is 6.33. The van der Waals surface area contributed by atoms with E-state index in [2.05, 4.69) is 15.3 Å². The van der Waals surface area contributed by atoms with Crippen molar-refractivity contribution in [3.63, 3.8) is 0 Å². The van der Waals surface area contributed by atoms with Crippen molar-refractivity contribution in [2.75, 3.05) is 5.32 Å². The second-order valence-corrected chi connectivity index (χ2v) is 3.64. The molecule has 1 amide bonds. The minimum Gasteiger partial charge on any atom is -0.328 e. The SMILES string of the molecule is O=C(Nc1ncccc1Cl)c1ccc(=O)[nH]c1. The zero-order valence-corrected chi connectivity index (χ0v) is 9.36. The van der Waals surface area contributed by atoms with E-state index in [1.165, 1.54) is 24.5 Å². The molecule has 0 bridgehead atoms. The van der Waals surface area contributed by atoms with Gasteiger partial charge in [-0.05, 0) is 18.2 Å². The van der Waals surface area contributed by atoms with Crippen LogP contribution >= 0.6 is 11.6 Å². The van der Waals surface area contributed by atoms with Crippen LogP contribution in [-0.4, -0.2) is 15.9 Å². The van der Waals surface area contributed by atoms with Gasteiger partial charge in [-0.15, -0.1) is 0 Å². The molecule has 0 saturated carbocycles. The minimum absolute atomic E-state index is 0.266. The summed E-state index contributed by atoms with van der Waals surface area (Å²) < 4.78 is 0. The third kappa shape index (κ3) is 2.70. The molecule has 5 nitrogen and oxygen atoms in total. The Morgan fingerprint density at radius 2 is 2.18 bits per heavy atom. The molecule has 0 radical (unpaired) electrons. The second kappa shape index (κ2) is 4.80. The Labute approximate surface area is 101 Å². The number of rotatable bonds is 2. The number of nitrogens with one attached hydrogen (secondary N) is 2. The summed E-state index contributed by atoms with van der Waals surface area (Å²) in [6.45, 7) is 0. The van der Waals surface area contributed by atoms with Gasteiger partial charge >= 0.3 is 0 Å². The molecule has 2 rings (SSSR count). The van der Waals surface area contributed by atoms with Gasteiger partial charge in [-0.1, -0.05) is 11.6 Å². The molecule has 2 N–H and O–H groups in total. The standard InChI is InChI=1S/C11H8ClN3O2/c12-8-2-1-5-13-10(8)15-11(17)7-3-4-9(16)14-6-7/h1-6H,(H,14,16)(H,13,15,17). The van der Waals surface area contributed by atoms with Crippen LogP contribution in [0.4, 0.5) is 5.82 Å². The number of hydrogen-bond donors (Lipinski definition) is 2. The number of H-pyrrole nitrogens is 1. The van der Waals surface area contributed by atoms with Crippen molar-refractivity contribution in [2.24, 2.45) is 0 Å². The second-order valence-electron chi connectivity index (χ2n) is 3.23. The molecule has 6 heteroatoms. The van der Waals surface area contributed by atoms with Crippen molar-refractivity contribution in [2.45, 2.75) is 0 Å². The van der Waals surface area contributed by atoms with E-state index in [1.807, 2.05) is 0 Å². The average molecular weight is 250 g/mol. The molecule has 0 aliphatic carbocycles. The first-order chi connectivity index (χ1) is 8.16. The Morgan fingerprint density at radius 1 is 1.35 bits per heavy atom. The van der Waals surface area contributed by atoms with Crippen LogP contribution in [0, 0.1) is 0 Å². The Hall–Kier alpha value is -2.14. The van der Waals surface area contributed by atoms with E-state index in [0.29, 0.717) is 10.6 Å². The van der Waals surface area contributed by atoms with E-state index in [1.54, 1.807) is 12.1 Å². The van der Waals surface area contributed by atoms with Crippen LogP contribution in [0.3, 0.4) is 0 Å². The summed E-state index contributed by atoms with van der Waals surface area (Å²) in [7, 11) is 0. The van der Waals surface area contributed by atoms with Gasteiger partial charge in [0.2, 0.25) is 5.56 Å². The van der Waals surface area contributed by atoms with Crippen LogP contribution in [0.25, 0.3) is 0 Å². The first-order valence-corrected chi connectivity index (χ1v) is 5.15. The fourth-order valence-electron chi connectivity index (χ4n) is 1.21. The van der Waals surface area contributed by atoms with Gasteiger partial charge in [0.25, 0.3) is 5.91 Å². The molecule has 0 aromatic carbocycles. The lowest BCUT2D eigenvalue weighted by Gasteiger charge is -2.05. The van der Waals surface area contributed by atoms with Crippen LogP contribution in [0.15, 0.2) is 41.5 Å². The normalized spacial score (nSPS) is 9.94. The van der Waals surface area contributed by atoms with Crippen molar-refractivity contribution in [1.29, 1.82) is 0 Å². The van der Waals surface area contributed by atoms with Crippen LogP contribution < -0.4 is 10.9 Å². The maximum atomic E-state index is 11.7. The van der Waals surface area contributed by atoms with E-state index in [4.69, 9.17) is 11.6 Å². The number of carbonyl (C=O) groups is 1. The van der Waals surface area contributed by atoms with E-state index in [-0.39, 0.29) is 17.3 Å². The molecule has 86 valence electrons. The van der Waals surface area contributed by atoms with Gasteiger partial charge in [-0.2, -0.15) is 0 Å². The van der Waals surface area contributed by atoms with Gasteiger partial charge in [0.1, 0.15) is 0 Å². The van der Waals surface area contributed by atoms with Gasteiger partial charge in [0, 0.05) is 18.5 Å². The van der Waals surface area contributed by atoms with Crippen LogP contribution in [0.1, 0.15) is 10.4 Å². The molecular weight excluding hydrogens is 242 g/mol. The van der Waals surface area contributed by atoms with Gasteiger partial charge in [0.15, 0.2) is 5.82 Å². The number of amides is 1. The minimum atomic E-state index is -0.387. The maximum Gasteiger partial charge on any atom is 0.258 e. The fraction of sp³-hybridized carbons (Fsp3) is 0. The lowest BCUT2D eigenvalue weighted by Crippen LogP contribution is -2.15. The summed E-state index contributed by atoms with van der Waals surface area (Å²) in [5.41, 5.74) is 0.0590. The smallest absolute Gasteiger partial charge is 0.258 e. The predicted molar refractivity (Wildman–Crippen MR) is 64.3 cm³/mol. The number of hydrogen-bond acceptors (Lipinski definition) is 3. The largest absolute Gasteiger partial charge is 0.328 e. The van der Waals surface area contributed by atoms with E-state index < -0.39 is 0 Å². The number of nitrogens with zero attached hydrogens (tertiary/aromatic N) is 1. The van der Waals surface area contributed by atoms with Crippen molar-refractivity contribution in [3.8, 4) is 0 Å². The quantitative estimate of drug-likeness (QED) is 0.850. The molecule has 0 atom stereocenters. The molecule has 2 aromatic rings. The maximum absolute atomic E-state index is 11.7. The number of halogens is 1. The Kier molecular flexibility index (Phi) is 3.20. The predicted octanol–water partition coefficient (Wildman–Crippen LogP) is 1.68. The highest BCUT2D eigenvalue weighted by Crippen LogP contribution is 2.17. The van der Waals surface area contributed by atoms with E-state index in [9.17, 15) is 9.59 Å². The Balaban J connectivity index is 2.20. The highest BCUT2D eigenvalue weighted by Gasteiger charge is 2.08. The first-order valence-electron chi connectivity index (χ1n) is 4.77. The summed E-state index contributed by atoms with van der Waals surface area (Å²) in [6, 6.07) is 5.98. The lowest BCUT2D eigenvalue weighted by molar-refractivity contribution is 0.102. The number of aromatic amines is 1. The molecule has 0 fully saturated rings. The van der Waals surface area contributed by atoms with E-state index >= 15 is 0 Å². The molecule has 0 unspecified atom stereocenters. The molecule has 0 aliphatic heterocycles. The number of pyridine rings is 2. The van der Waals surface area contributed by atoms with Crippen LogP contribution in [0.2, 0.25) is 5.02 Å². The molecule has 2 aromatic heterocycles. The summed E-state index contributed by atoms with van der Waals surface area (Å²) in [5, 5.41) is 2.89. The first kappa shape index (κ1) is 11.3. The fourth-order valence-corrected chi connectivity index (χ4v) is 1.38. The third-order valence-electron chi connectivity index (χ3n) is 2.04. The number of aromatic nitrogens is 2. The van der Waals surface area contributed by atoms with Gasteiger partial charge < -0.3 is 10.3 Å². The van der Waals surface area contributed by atoms with Crippen LogP contribution in [0.5, 0.6) is 0 Å². The summed E-state index contributed by atoms with van der Waals surface area (Å²) in [5.74, 6) is -0.104. The number of carbonyl (C=O) groups excluding carboxylic acids is 1. The Bertz CT molecular complexity index is 589. The number of anilines is 1. The Morgan fingerprint density at radius 3 is 2.82 bits per heavy atom. The molecule has 2 heterocycles.